The van der Waals surface area contributed by atoms with Crippen LogP contribution in [0.3, 0.4) is 0 Å². The molecule has 0 spiro atoms. The van der Waals surface area contributed by atoms with Crippen molar-refractivity contribution in [2.24, 2.45) is 0 Å². The summed E-state index contributed by atoms with van der Waals surface area (Å²) in [5.41, 5.74) is 1.53. The number of likely N-dealkylation sites (N-methyl/N-ethyl adjacent to an activating group) is 1. The highest BCUT2D eigenvalue weighted by Gasteiger charge is 2.47. The molecule has 1 aromatic rings. The van der Waals surface area contributed by atoms with E-state index in [9.17, 15) is 9.59 Å². The van der Waals surface area contributed by atoms with Gasteiger partial charge in [0.15, 0.2) is 5.60 Å². The molecule has 5 heteroatoms. The van der Waals surface area contributed by atoms with Gasteiger partial charge in [0.2, 0.25) is 0 Å². The molecule has 1 aliphatic heterocycles. The summed E-state index contributed by atoms with van der Waals surface area (Å²) in [7, 11) is 2.00. The maximum absolute atomic E-state index is 11.5. The van der Waals surface area contributed by atoms with Gasteiger partial charge in [-0.2, -0.15) is 0 Å². The summed E-state index contributed by atoms with van der Waals surface area (Å²) in [6.45, 7) is 7.14. The monoisotopic (exact) mass is 319 g/mol. The van der Waals surface area contributed by atoms with E-state index in [1.54, 1.807) is 0 Å². The fourth-order valence-corrected chi connectivity index (χ4v) is 3.32. The molecule has 1 aromatic carbocycles. The molecule has 126 valence electrons. The lowest BCUT2D eigenvalue weighted by Gasteiger charge is -2.47. The summed E-state index contributed by atoms with van der Waals surface area (Å²) in [6, 6.07) is 8.45. The van der Waals surface area contributed by atoms with Gasteiger partial charge in [0, 0.05) is 32.9 Å². The lowest BCUT2D eigenvalue weighted by Crippen LogP contribution is -2.58. The number of esters is 2. The standard InChI is InChI=1S/C18H25NO4/c1-12-6-8-15(9-7-12)16-10-17(22-13(2)20)18(4,11-19(16)5)23-14(3)21/h6-9,16-17H,10-11H2,1-5H3/t16-,17-,18+/m0/s1. The molecular weight excluding hydrogens is 294 g/mol. The number of piperidine rings is 1. The first-order valence-corrected chi connectivity index (χ1v) is 7.85. The number of hydrogen-bond acceptors (Lipinski definition) is 5. The first-order chi connectivity index (χ1) is 10.7. The van der Waals surface area contributed by atoms with Gasteiger partial charge in [-0.15, -0.1) is 0 Å². The second-order valence-corrected chi connectivity index (χ2v) is 6.58. The fraction of sp³-hybridized carbons (Fsp3) is 0.556. The molecule has 0 unspecified atom stereocenters. The molecule has 0 N–H and O–H groups in total. The Balaban J connectivity index is 2.28. The summed E-state index contributed by atoms with van der Waals surface area (Å²) in [4.78, 5) is 25.1. The average Bonchev–Trinajstić information content (AvgIpc) is 2.41. The molecule has 5 nitrogen and oxygen atoms in total. The lowest BCUT2D eigenvalue weighted by molar-refractivity contribution is -0.195. The van der Waals surface area contributed by atoms with Crippen molar-refractivity contribution in [3.8, 4) is 0 Å². The zero-order valence-corrected chi connectivity index (χ0v) is 14.5. The van der Waals surface area contributed by atoms with Crippen molar-refractivity contribution in [2.45, 2.75) is 51.9 Å². The van der Waals surface area contributed by atoms with Gasteiger partial charge in [0.25, 0.3) is 0 Å². The fourth-order valence-electron chi connectivity index (χ4n) is 3.32. The highest BCUT2D eigenvalue weighted by molar-refractivity contribution is 5.68. The lowest BCUT2D eigenvalue weighted by atomic mass is 9.84. The number of likely N-dealkylation sites (tertiary alicyclic amines) is 1. The number of benzene rings is 1. The van der Waals surface area contributed by atoms with Gasteiger partial charge < -0.3 is 9.47 Å². The highest BCUT2D eigenvalue weighted by atomic mass is 16.6. The van der Waals surface area contributed by atoms with Crippen molar-refractivity contribution in [1.29, 1.82) is 0 Å². The van der Waals surface area contributed by atoms with Crippen molar-refractivity contribution in [3.63, 3.8) is 0 Å². The zero-order chi connectivity index (χ0) is 17.2. The molecule has 1 heterocycles. The molecule has 2 rings (SSSR count). The molecule has 0 bridgehead atoms. The molecule has 0 saturated carbocycles. The quantitative estimate of drug-likeness (QED) is 0.802. The predicted molar refractivity (Wildman–Crippen MR) is 86.9 cm³/mol. The van der Waals surface area contributed by atoms with E-state index in [1.165, 1.54) is 25.0 Å². The van der Waals surface area contributed by atoms with Crippen molar-refractivity contribution >= 4 is 11.9 Å². The first kappa shape index (κ1) is 17.5. The van der Waals surface area contributed by atoms with E-state index in [0.717, 1.165) is 0 Å². The van der Waals surface area contributed by atoms with Crippen LogP contribution in [0.15, 0.2) is 24.3 Å². The van der Waals surface area contributed by atoms with E-state index in [2.05, 4.69) is 29.2 Å². The highest BCUT2D eigenvalue weighted by Crippen LogP contribution is 2.38. The SMILES string of the molecule is CC(=O)O[C@H]1C[C@@H](c2ccc(C)cc2)N(C)C[C@@]1(C)OC(C)=O. The van der Waals surface area contributed by atoms with Crippen LogP contribution in [0.1, 0.15) is 44.4 Å². The van der Waals surface area contributed by atoms with E-state index in [4.69, 9.17) is 9.47 Å². The minimum absolute atomic E-state index is 0.114. The molecule has 0 aliphatic carbocycles. The van der Waals surface area contributed by atoms with Crippen molar-refractivity contribution in [1.82, 2.24) is 4.90 Å². The van der Waals surface area contributed by atoms with Crippen LogP contribution in [0.2, 0.25) is 0 Å². The van der Waals surface area contributed by atoms with Gasteiger partial charge in [-0.25, -0.2) is 0 Å². The average molecular weight is 319 g/mol. The number of carbonyl (C=O) groups is 2. The van der Waals surface area contributed by atoms with Crippen molar-refractivity contribution < 1.29 is 19.1 Å². The summed E-state index contributed by atoms with van der Waals surface area (Å²) in [6.07, 6.45) is 0.120. The first-order valence-electron chi connectivity index (χ1n) is 7.85. The summed E-state index contributed by atoms with van der Waals surface area (Å²) in [5.74, 6) is -0.729. The number of aryl methyl sites for hydroxylation is 1. The largest absolute Gasteiger partial charge is 0.458 e. The number of carbonyl (C=O) groups excluding carboxylic acids is 2. The van der Waals surface area contributed by atoms with Crippen molar-refractivity contribution in [3.05, 3.63) is 35.4 Å². The van der Waals surface area contributed by atoms with Gasteiger partial charge in [0.1, 0.15) is 6.10 Å². The van der Waals surface area contributed by atoms with E-state index in [-0.39, 0.29) is 18.0 Å². The van der Waals surface area contributed by atoms with Gasteiger partial charge >= 0.3 is 11.9 Å². The molecule has 23 heavy (non-hydrogen) atoms. The molecule has 1 fully saturated rings. The molecule has 0 amide bonds. The summed E-state index contributed by atoms with van der Waals surface area (Å²) in [5, 5.41) is 0. The Bertz CT molecular complexity index is 583. The van der Waals surface area contributed by atoms with Crippen molar-refractivity contribution in [2.75, 3.05) is 13.6 Å². The normalized spacial score (nSPS) is 28.2. The van der Waals surface area contributed by atoms with Crippen LogP contribution in [-0.4, -0.2) is 42.1 Å². The van der Waals surface area contributed by atoms with Crippen LogP contribution in [0.25, 0.3) is 0 Å². The molecular formula is C18H25NO4. The maximum Gasteiger partial charge on any atom is 0.303 e. The number of hydrogen-bond donors (Lipinski definition) is 0. The van der Waals surface area contributed by atoms with Gasteiger partial charge in [-0.3, -0.25) is 14.5 Å². The second kappa shape index (κ2) is 6.71. The molecule has 0 aromatic heterocycles. The molecule has 1 saturated heterocycles. The minimum Gasteiger partial charge on any atom is -0.458 e. The smallest absolute Gasteiger partial charge is 0.303 e. The Hall–Kier alpha value is -1.88. The van der Waals surface area contributed by atoms with Crippen LogP contribution in [0, 0.1) is 6.92 Å². The van der Waals surface area contributed by atoms with Gasteiger partial charge in [-0.1, -0.05) is 29.8 Å². The van der Waals surface area contributed by atoms with E-state index in [0.29, 0.717) is 13.0 Å². The Morgan fingerprint density at radius 1 is 1.17 bits per heavy atom. The maximum atomic E-state index is 11.5. The van der Waals surface area contributed by atoms with E-state index >= 15 is 0 Å². The van der Waals surface area contributed by atoms with Crippen LogP contribution >= 0.6 is 0 Å². The van der Waals surface area contributed by atoms with E-state index in [1.807, 2.05) is 20.9 Å². The Morgan fingerprint density at radius 2 is 1.78 bits per heavy atom. The van der Waals surface area contributed by atoms with Crippen LogP contribution < -0.4 is 0 Å². The van der Waals surface area contributed by atoms with Crippen LogP contribution in [0.5, 0.6) is 0 Å². The zero-order valence-electron chi connectivity index (χ0n) is 14.5. The molecule has 0 radical (unpaired) electrons. The van der Waals surface area contributed by atoms with Gasteiger partial charge in [0.05, 0.1) is 0 Å². The third kappa shape index (κ3) is 4.10. The number of rotatable bonds is 3. The Kier molecular flexibility index (Phi) is 5.09. The summed E-state index contributed by atoms with van der Waals surface area (Å²) >= 11 is 0. The number of nitrogens with zero attached hydrogens (tertiary/aromatic N) is 1. The summed E-state index contributed by atoms with van der Waals surface area (Å²) < 4.78 is 11.0. The molecule has 3 atom stereocenters. The van der Waals surface area contributed by atoms with Crippen LogP contribution in [-0.2, 0) is 19.1 Å². The van der Waals surface area contributed by atoms with E-state index < -0.39 is 11.7 Å². The third-order valence-electron chi connectivity index (χ3n) is 4.36. The Morgan fingerprint density at radius 3 is 2.30 bits per heavy atom. The van der Waals surface area contributed by atoms with Gasteiger partial charge in [-0.05, 0) is 26.5 Å². The second-order valence-electron chi connectivity index (χ2n) is 6.58. The van der Waals surface area contributed by atoms with Crippen LogP contribution in [0.4, 0.5) is 0 Å². The number of ether oxygens (including phenoxy) is 2. The predicted octanol–water partition coefficient (Wildman–Crippen LogP) is 2.63. The topological polar surface area (TPSA) is 55.8 Å². The Labute approximate surface area is 137 Å². The molecule has 1 aliphatic rings. The third-order valence-corrected chi connectivity index (χ3v) is 4.36. The minimum atomic E-state index is -0.840.